The van der Waals surface area contributed by atoms with Gasteiger partial charge in [-0.1, -0.05) is 41.0 Å². The maximum atomic E-state index is 10.5. The first-order chi connectivity index (χ1) is 11.5. The quantitative estimate of drug-likeness (QED) is 0.764. The predicted molar refractivity (Wildman–Crippen MR) is 97.2 cm³/mol. The van der Waals surface area contributed by atoms with Gasteiger partial charge in [0.2, 0.25) is 0 Å². The minimum atomic E-state index is -1.71. The highest BCUT2D eigenvalue weighted by atomic mass is 35.5. The first-order valence-corrected chi connectivity index (χ1v) is 11.6. The Morgan fingerprint density at radius 3 is 2.96 bits per heavy atom. The van der Waals surface area contributed by atoms with Crippen molar-refractivity contribution < 1.29 is 5.11 Å². The van der Waals surface area contributed by atoms with E-state index in [4.69, 9.17) is 11.6 Å². The van der Waals surface area contributed by atoms with Gasteiger partial charge in [0.05, 0.1) is 25.9 Å². The van der Waals surface area contributed by atoms with E-state index in [-0.39, 0.29) is 12.1 Å². The summed E-state index contributed by atoms with van der Waals surface area (Å²) in [6.45, 7) is 2.26. The van der Waals surface area contributed by atoms with Crippen LogP contribution in [0.5, 0.6) is 0 Å². The number of benzene rings is 1. The van der Waals surface area contributed by atoms with Crippen LogP contribution in [0.2, 0.25) is 23.2 Å². The van der Waals surface area contributed by atoms with Crippen LogP contribution in [0.3, 0.4) is 0 Å². The first kappa shape index (κ1) is 16.3. The van der Waals surface area contributed by atoms with Crippen molar-refractivity contribution in [2.45, 2.75) is 49.7 Å². The van der Waals surface area contributed by atoms with Crippen LogP contribution in [0.4, 0.5) is 0 Å². The number of nitrogens with zero attached hydrogens (tertiary/aromatic N) is 3. The lowest BCUT2D eigenvalue weighted by molar-refractivity contribution is 0.171. The van der Waals surface area contributed by atoms with E-state index in [0.29, 0.717) is 11.1 Å². The lowest BCUT2D eigenvalue weighted by Gasteiger charge is -2.46. The Kier molecular flexibility index (Phi) is 4.03. The SMILES string of the molecule is C[C@H]1C[Si]2(CCC(O)c3cc(Cl)ccc32)C[C@@H](c2cn(C)nn2)N1. The fourth-order valence-corrected chi connectivity index (χ4v) is 10.6. The van der Waals surface area contributed by atoms with Crippen LogP contribution >= 0.6 is 11.6 Å². The van der Waals surface area contributed by atoms with Gasteiger partial charge < -0.3 is 10.4 Å². The zero-order valence-corrected chi connectivity index (χ0v) is 15.8. The Hall–Kier alpha value is -1.21. The molecule has 4 rings (SSSR count). The topological polar surface area (TPSA) is 63.0 Å². The van der Waals surface area contributed by atoms with E-state index in [0.717, 1.165) is 29.8 Å². The van der Waals surface area contributed by atoms with E-state index >= 15 is 0 Å². The van der Waals surface area contributed by atoms with Gasteiger partial charge in [0, 0.05) is 24.3 Å². The Morgan fingerprint density at radius 2 is 2.21 bits per heavy atom. The number of hydrogen-bond acceptors (Lipinski definition) is 4. The van der Waals surface area contributed by atoms with Crippen LogP contribution in [-0.2, 0) is 7.05 Å². The maximum Gasteiger partial charge on any atom is 0.0993 e. The highest BCUT2D eigenvalue weighted by Crippen LogP contribution is 2.42. The molecule has 2 unspecified atom stereocenters. The molecule has 2 aliphatic rings. The minimum absolute atomic E-state index is 0.243. The summed E-state index contributed by atoms with van der Waals surface area (Å²) in [5.41, 5.74) is 2.09. The number of fused-ring (bicyclic) bond motifs is 2. The van der Waals surface area contributed by atoms with E-state index in [1.807, 2.05) is 25.4 Å². The predicted octanol–water partition coefficient (Wildman–Crippen LogP) is 2.29. The van der Waals surface area contributed by atoms with Gasteiger partial charge >= 0.3 is 0 Å². The third-order valence-electron chi connectivity index (χ3n) is 5.60. The molecule has 4 atom stereocenters. The Morgan fingerprint density at radius 1 is 1.38 bits per heavy atom. The van der Waals surface area contributed by atoms with E-state index < -0.39 is 8.07 Å². The minimum Gasteiger partial charge on any atom is -0.388 e. The van der Waals surface area contributed by atoms with E-state index in [1.165, 1.54) is 11.2 Å². The molecule has 2 aliphatic heterocycles. The second-order valence-electron chi connectivity index (χ2n) is 7.41. The molecule has 3 heterocycles. The summed E-state index contributed by atoms with van der Waals surface area (Å²) in [5.74, 6) is 0. The van der Waals surface area contributed by atoms with Crippen LogP contribution in [0.15, 0.2) is 24.4 Å². The molecule has 0 aliphatic carbocycles. The standard InChI is InChI=1S/C17H23ClN4OSi/c1-11-9-24(10-15(19-11)14-8-22(2)21-20-14)6-5-16(23)13-7-12(18)3-4-17(13)24/h3-4,7-8,11,15-16,19,23H,5-6,9-10H2,1-2H3/t11-,15-,16?,24?/m0/s1. The van der Waals surface area contributed by atoms with Crippen LogP contribution in [0.1, 0.15) is 36.7 Å². The average Bonchev–Trinajstić information content (AvgIpc) is 2.97. The number of halogens is 1. The molecule has 0 saturated carbocycles. The van der Waals surface area contributed by atoms with Crippen LogP contribution in [0.25, 0.3) is 0 Å². The molecule has 1 fully saturated rings. The second kappa shape index (κ2) is 5.95. The summed E-state index contributed by atoms with van der Waals surface area (Å²) in [7, 11) is 0.194. The normalized spacial score (nSPS) is 32.8. The summed E-state index contributed by atoms with van der Waals surface area (Å²) >= 11 is 6.20. The van der Waals surface area contributed by atoms with Gasteiger partial charge in [-0.2, -0.15) is 0 Å². The molecule has 0 radical (unpaired) electrons. The van der Waals surface area contributed by atoms with Crippen molar-refractivity contribution in [3.8, 4) is 0 Å². The van der Waals surface area contributed by atoms with E-state index in [9.17, 15) is 5.11 Å². The number of aryl methyl sites for hydroxylation is 1. The van der Waals surface area contributed by atoms with Crippen molar-refractivity contribution in [3.05, 3.63) is 40.7 Å². The molecule has 7 heteroatoms. The van der Waals surface area contributed by atoms with Crippen LogP contribution in [-0.4, -0.2) is 34.2 Å². The Bertz CT molecular complexity index is 767. The highest BCUT2D eigenvalue weighted by molar-refractivity contribution is 6.92. The molecular weight excluding hydrogens is 340 g/mol. The third-order valence-corrected chi connectivity index (χ3v) is 11.3. The van der Waals surface area contributed by atoms with Crippen molar-refractivity contribution in [1.29, 1.82) is 0 Å². The first-order valence-electron chi connectivity index (χ1n) is 8.57. The number of aliphatic hydroxyl groups excluding tert-OH is 1. The van der Waals surface area contributed by atoms with Crippen molar-refractivity contribution in [2.24, 2.45) is 7.05 Å². The molecular formula is C17H23ClN4OSi. The van der Waals surface area contributed by atoms with Gasteiger partial charge in [-0.15, -0.1) is 5.10 Å². The van der Waals surface area contributed by atoms with Gasteiger partial charge in [-0.3, -0.25) is 4.68 Å². The summed E-state index contributed by atoms with van der Waals surface area (Å²) in [6.07, 6.45) is 2.48. The zero-order valence-electron chi connectivity index (χ0n) is 14.0. The molecule has 1 aromatic carbocycles. The van der Waals surface area contributed by atoms with Crippen molar-refractivity contribution >= 4 is 24.9 Å². The van der Waals surface area contributed by atoms with Crippen molar-refractivity contribution in [3.63, 3.8) is 0 Å². The fourth-order valence-electron chi connectivity index (χ4n) is 4.66. The fraction of sp³-hybridized carbons (Fsp3) is 0.529. The summed E-state index contributed by atoms with van der Waals surface area (Å²) in [4.78, 5) is 0. The van der Waals surface area contributed by atoms with E-state index in [2.05, 4.69) is 28.6 Å². The molecule has 2 N–H and O–H groups in total. The van der Waals surface area contributed by atoms with Gasteiger partial charge in [0.25, 0.3) is 0 Å². The van der Waals surface area contributed by atoms with Gasteiger partial charge in [0.1, 0.15) is 0 Å². The van der Waals surface area contributed by atoms with Crippen molar-refractivity contribution in [1.82, 2.24) is 20.3 Å². The molecule has 0 bridgehead atoms. The zero-order chi connectivity index (χ0) is 16.9. The Labute approximate surface area is 148 Å². The number of aromatic nitrogens is 3. The molecule has 1 saturated heterocycles. The lowest BCUT2D eigenvalue weighted by atomic mass is 10.1. The van der Waals surface area contributed by atoms with Gasteiger partial charge in [-0.25, -0.2) is 0 Å². The summed E-state index contributed by atoms with van der Waals surface area (Å²) in [5, 5.41) is 24.7. The molecule has 24 heavy (non-hydrogen) atoms. The Balaban J connectivity index is 1.75. The third kappa shape index (κ3) is 2.71. The summed E-state index contributed by atoms with van der Waals surface area (Å²) < 4.78 is 1.77. The number of aliphatic hydroxyl groups is 1. The van der Waals surface area contributed by atoms with Crippen molar-refractivity contribution in [2.75, 3.05) is 0 Å². The molecule has 0 amide bonds. The molecule has 1 aromatic heterocycles. The smallest absolute Gasteiger partial charge is 0.0993 e. The second-order valence-corrected chi connectivity index (χ2v) is 12.3. The largest absolute Gasteiger partial charge is 0.388 e. The summed E-state index contributed by atoms with van der Waals surface area (Å²) in [6, 6.07) is 10.3. The maximum absolute atomic E-state index is 10.5. The van der Waals surface area contributed by atoms with Gasteiger partial charge in [-0.05, 0) is 36.2 Å². The molecule has 128 valence electrons. The highest BCUT2D eigenvalue weighted by Gasteiger charge is 2.47. The molecule has 2 aromatic rings. The van der Waals surface area contributed by atoms with Gasteiger partial charge in [0.15, 0.2) is 0 Å². The number of nitrogens with one attached hydrogen (secondary N) is 1. The van der Waals surface area contributed by atoms with Crippen LogP contribution in [0, 0.1) is 0 Å². The van der Waals surface area contributed by atoms with Crippen LogP contribution < -0.4 is 10.5 Å². The lowest BCUT2D eigenvalue weighted by Crippen LogP contribution is -2.60. The number of rotatable bonds is 1. The molecule has 5 nitrogen and oxygen atoms in total. The monoisotopic (exact) mass is 362 g/mol. The number of hydrogen-bond donors (Lipinski definition) is 2. The average molecular weight is 363 g/mol. The molecule has 1 spiro atoms. The van der Waals surface area contributed by atoms with E-state index in [1.54, 1.807) is 4.68 Å².